The standard InChI is InChI=1S/C21H30N2O/c1-6-17-8-9-19-18(11-17)16(5)20(23(19)7-2)21(24)22-12-14(3)10-15(4)13-22/h8-9,11,14-15H,6-7,10,12-13H2,1-5H3. The Kier molecular flexibility index (Phi) is 4.71. The maximum Gasteiger partial charge on any atom is 0.270 e. The number of carbonyl (C=O) groups excluding carboxylic acids is 1. The molecule has 0 spiro atoms. The van der Waals surface area contributed by atoms with Crippen molar-refractivity contribution in [2.24, 2.45) is 11.8 Å². The Bertz CT molecular complexity index is 749. The van der Waals surface area contributed by atoms with Crippen LogP contribution >= 0.6 is 0 Å². The highest BCUT2D eigenvalue weighted by Gasteiger charge is 2.29. The number of fused-ring (bicyclic) bond motifs is 1. The lowest BCUT2D eigenvalue weighted by Crippen LogP contribution is -2.43. The summed E-state index contributed by atoms with van der Waals surface area (Å²) < 4.78 is 2.20. The van der Waals surface area contributed by atoms with Crippen molar-refractivity contribution in [3.63, 3.8) is 0 Å². The topological polar surface area (TPSA) is 25.2 Å². The van der Waals surface area contributed by atoms with E-state index >= 15 is 0 Å². The SMILES string of the molecule is CCc1ccc2c(c1)c(C)c(C(=O)N1CC(C)CC(C)C1)n2CC. The van der Waals surface area contributed by atoms with Crippen LogP contribution < -0.4 is 0 Å². The average Bonchev–Trinajstić information content (AvgIpc) is 2.84. The molecular formula is C21H30N2O. The number of hydrogen-bond donors (Lipinski definition) is 0. The van der Waals surface area contributed by atoms with Crippen LogP contribution in [-0.4, -0.2) is 28.5 Å². The van der Waals surface area contributed by atoms with E-state index in [4.69, 9.17) is 0 Å². The van der Waals surface area contributed by atoms with Gasteiger partial charge in [0, 0.05) is 30.5 Å². The number of aryl methyl sites for hydroxylation is 3. The summed E-state index contributed by atoms with van der Waals surface area (Å²) in [6.45, 7) is 13.5. The Morgan fingerprint density at radius 1 is 1.17 bits per heavy atom. The number of piperidine rings is 1. The predicted octanol–water partition coefficient (Wildman–Crippen LogP) is 4.65. The van der Waals surface area contributed by atoms with Crippen LogP contribution in [0.5, 0.6) is 0 Å². The Hall–Kier alpha value is -1.77. The summed E-state index contributed by atoms with van der Waals surface area (Å²) in [5, 5.41) is 1.23. The molecule has 1 aliphatic rings. The number of rotatable bonds is 3. The van der Waals surface area contributed by atoms with Crippen molar-refractivity contribution in [3.8, 4) is 0 Å². The fraction of sp³-hybridized carbons (Fsp3) is 0.571. The van der Waals surface area contributed by atoms with Crippen molar-refractivity contribution in [3.05, 3.63) is 35.0 Å². The molecule has 2 unspecified atom stereocenters. The largest absolute Gasteiger partial charge is 0.337 e. The monoisotopic (exact) mass is 326 g/mol. The Morgan fingerprint density at radius 2 is 1.83 bits per heavy atom. The number of hydrogen-bond acceptors (Lipinski definition) is 1. The number of nitrogens with zero attached hydrogens (tertiary/aromatic N) is 2. The highest BCUT2D eigenvalue weighted by Crippen LogP contribution is 2.30. The van der Waals surface area contributed by atoms with Gasteiger partial charge in [0.1, 0.15) is 5.69 Å². The van der Waals surface area contributed by atoms with Crippen LogP contribution in [0, 0.1) is 18.8 Å². The minimum atomic E-state index is 0.210. The van der Waals surface area contributed by atoms with Gasteiger partial charge in [0.2, 0.25) is 0 Å². The van der Waals surface area contributed by atoms with Gasteiger partial charge in [-0.3, -0.25) is 4.79 Å². The van der Waals surface area contributed by atoms with Gasteiger partial charge < -0.3 is 9.47 Å². The summed E-state index contributed by atoms with van der Waals surface area (Å²) in [7, 11) is 0. The molecule has 3 rings (SSSR count). The smallest absolute Gasteiger partial charge is 0.270 e. The average molecular weight is 326 g/mol. The second kappa shape index (κ2) is 6.62. The zero-order valence-corrected chi connectivity index (χ0v) is 15.7. The Balaban J connectivity index is 2.07. The molecule has 2 atom stereocenters. The van der Waals surface area contributed by atoms with Gasteiger partial charge in [0.15, 0.2) is 0 Å². The number of carbonyl (C=O) groups is 1. The van der Waals surface area contributed by atoms with E-state index in [1.54, 1.807) is 0 Å². The normalized spacial score (nSPS) is 21.5. The summed E-state index contributed by atoms with van der Waals surface area (Å²) in [5.74, 6) is 1.38. The minimum absolute atomic E-state index is 0.210. The van der Waals surface area contributed by atoms with Crippen LogP contribution in [0.1, 0.15) is 55.7 Å². The van der Waals surface area contributed by atoms with Crippen molar-refractivity contribution in [1.29, 1.82) is 0 Å². The van der Waals surface area contributed by atoms with Gasteiger partial charge in [-0.25, -0.2) is 0 Å². The quantitative estimate of drug-likeness (QED) is 0.806. The fourth-order valence-electron chi connectivity index (χ4n) is 4.37. The van der Waals surface area contributed by atoms with Gasteiger partial charge in [-0.15, -0.1) is 0 Å². The molecular weight excluding hydrogens is 296 g/mol. The molecule has 0 N–H and O–H groups in total. The van der Waals surface area contributed by atoms with E-state index in [1.165, 1.54) is 22.9 Å². The number of amides is 1. The molecule has 2 heterocycles. The van der Waals surface area contributed by atoms with Crippen LogP contribution in [0.2, 0.25) is 0 Å². The lowest BCUT2D eigenvalue weighted by atomic mass is 9.91. The molecule has 1 aliphatic heterocycles. The van der Waals surface area contributed by atoms with E-state index < -0.39 is 0 Å². The first-order valence-electron chi connectivity index (χ1n) is 9.37. The molecule has 1 saturated heterocycles. The molecule has 1 amide bonds. The van der Waals surface area contributed by atoms with Crippen molar-refractivity contribution in [2.75, 3.05) is 13.1 Å². The molecule has 3 nitrogen and oxygen atoms in total. The van der Waals surface area contributed by atoms with Gasteiger partial charge in [-0.1, -0.05) is 26.8 Å². The summed E-state index contributed by atoms with van der Waals surface area (Å²) >= 11 is 0. The molecule has 130 valence electrons. The van der Waals surface area contributed by atoms with Gasteiger partial charge >= 0.3 is 0 Å². The van der Waals surface area contributed by atoms with E-state index in [9.17, 15) is 4.79 Å². The summed E-state index contributed by atoms with van der Waals surface area (Å²) in [5.41, 5.74) is 4.55. The van der Waals surface area contributed by atoms with Gasteiger partial charge in [-0.2, -0.15) is 0 Å². The molecule has 0 saturated carbocycles. The minimum Gasteiger partial charge on any atom is -0.337 e. The van der Waals surface area contributed by atoms with E-state index in [-0.39, 0.29) is 5.91 Å². The Morgan fingerprint density at radius 3 is 2.42 bits per heavy atom. The second-order valence-corrected chi connectivity index (χ2v) is 7.58. The van der Waals surface area contributed by atoms with Crippen molar-refractivity contribution >= 4 is 16.8 Å². The van der Waals surface area contributed by atoms with Crippen molar-refractivity contribution in [1.82, 2.24) is 9.47 Å². The number of aromatic nitrogens is 1. The predicted molar refractivity (Wildman–Crippen MR) is 101 cm³/mol. The zero-order chi connectivity index (χ0) is 17.4. The van der Waals surface area contributed by atoms with Gasteiger partial charge in [-0.05, 0) is 61.8 Å². The fourth-order valence-corrected chi connectivity index (χ4v) is 4.37. The Labute approximate surface area is 145 Å². The molecule has 0 bridgehead atoms. The van der Waals surface area contributed by atoms with E-state index in [1.807, 2.05) is 0 Å². The van der Waals surface area contributed by atoms with Crippen LogP contribution in [-0.2, 0) is 13.0 Å². The third-order valence-corrected chi connectivity index (χ3v) is 5.46. The highest BCUT2D eigenvalue weighted by molar-refractivity contribution is 6.01. The molecule has 2 aromatic rings. The van der Waals surface area contributed by atoms with Crippen molar-refractivity contribution in [2.45, 2.75) is 54.0 Å². The maximum atomic E-state index is 13.3. The van der Waals surface area contributed by atoms with E-state index in [0.717, 1.165) is 37.3 Å². The lowest BCUT2D eigenvalue weighted by molar-refractivity contribution is 0.0612. The lowest BCUT2D eigenvalue weighted by Gasteiger charge is -2.35. The first kappa shape index (κ1) is 17.1. The third-order valence-electron chi connectivity index (χ3n) is 5.46. The zero-order valence-electron chi connectivity index (χ0n) is 15.7. The number of benzene rings is 1. The molecule has 1 fully saturated rings. The van der Waals surface area contributed by atoms with E-state index in [2.05, 4.69) is 62.3 Å². The van der Waals surface area contributed by atoms with Crippen LogP contribution in [0.25, 0.3) is 10.9 Å². The summed E-state index contributed by atoms with van der Waals surface area (Å²) in [4.78, 5) is 15.4. The molecule has 24 heavy (non-hydrogen) atoms. The number of likely N-dealkylation sites (tertiary alicyclic amines) is 1. The summed E-state index contributed by atoms with van der Waals surface area (Å²) in [6, 6.07) is 6.63. The van der Waals surface area contributed by atoms with Crippen LogP contribution in [0.15, 0.2) is 18.2 Å². The first-order valence-corrected chi connectivity index (χ1v) is 9.37. The third kappa shape index (κ3) is 2.85. The molecule has 0 radical (unpaired) electrons. The molecule has 0 aliphatic carbocycles. The maximum absolute atomic E-state index is 13.3. The second-order valence-electron chi connectivity index (χ2n) is 7.58. The van der Waals surface area contributed by atoms with E-state index in [0.29, 0.717) is 11.8 Å². The van der Waals surface area contributed by atoms with Crippen LogP contribution in [0.3, 0.4) is 0 Å². The van der Waals surface area contributed by atoms with Gasteiger partial charge in [0.05, 0.1) is 0 Å². The van der Waals surface area contributed by atoms with Gasteiger partial charge in [0.25, 0.3) is 5.91 Å². The first-order chi connectivity index (χ1) is 11.5. The molecule has 3 heteroatoms. The summed E-state index contributed by atoms with van der Waals surface area (Å²) in [6.07, 6.45) is 2.25. The van der Waals surface area contributed by atoms with Crippen molar-refractivity contribution < 1.29 is 4.79 Å². The highest BCUT2D eigenvalue weighted by atomic mass is 16.2. The molecule has 1 aromatic carbocycles. The molecule has 1 aromatic heterocycles. The van der Waals surface area contributed by atoms with Crippen LogP contribution in [0.4, 0.5) is 0 Å².